The molecule has 1 nitrogen and oxygen atoms in total. The van der Waals surface area contributed by atoms with E-state index < -0.39 is 0 Å². The molecular weight excluding hydrogens is 297 g/mol. The third-order valence-electron chi connectivity index (χ3n) is 2.28. The molecule has 0 aromatic heterocycles. The molecule has 0 fully saturated rings. The zero-order chi connectivity index (χ0) is 11.3. The zero-order valence-corrected chi connectivity index (χ0v) is 11.5. The number of benzene rings is 1. The normalized spacial score (nSPS) is 12.5. The highest BCUT2D eigenvalue weighted by atomic mass is 127. The van der Waals surface area contributed by atoms with E-state index in [4.69, 9.17) is 0 Å². The van der Waals surface area contributed by atoms with Gasteiger partial charge in [0.15, 0.2) is 0 Å². The lowest BCUT2D eigenvalue weighted by molar-refractivity contribution is 0.548. The summed E-state index contributed by atoms with van der Waals surface area (Å²) in [5, 5.41) is 3.49. The van der Waals surface area contributed by atoms with Crippen LogP contribution in [0, 0.1) is 3.57 Å². The second kappa shape index (κ2) is 6.28. The Labute approximate surface area is 106 Å². The summed E-state index contributed by atoms with van der Waals surface area (Å²) in [6, 6.07) is 9.09. The summed E-state index contributed by atoms with van der Waals surface area (Å²) in [6.07, 6.45) is 1.01. The molecule has 0 bridgehead atoms. The quantitative estimate of drug-likeness (QED) is 0.642. The summed E-state index contributed by atoms with van der Waals surface area (Å²) in [7, 11) is 0. The van der Waals surface area contributed by atoms with Crippen molar-refractivity contribution < 1.29 is 0 Å². The lowest BCUT2D eigenvalue weighted by atomic mass is 10.0. The van der Waals surface area contributed by atoms with Gasteiger partial charge in [0.1, 0.15) is 0 Å². The molecule has 0 heterocycles. The summed E-state index contributed by atoms with van der Waals surface area (Å²) in [4.78, 5) is 0. The molecule has 0 aliphatic rings. The van der Waals surface area contributed by atoms with E-state index in [0.717, 1.165) is 13.0 Å². The standard InChI is InChI=1S/C13H18IN/c1-4-15-13(9-10(2)3)11-5-7-12(14)8-6-11/h5-8,13,15H,2,4,9H2,1,3H3. The Balaban J connectivity index is 2.78. The van der Waals surface area contributed by atoms with E-state index in [1.54, 1.807) is 0 Å². The van der Waals surface area contributed by atoms with E-state index in [9.17, 15) is 0 Å². The van der Waals surface area contributed by atoms with E-state index in [1.807, 2.05) is 0 Å². The maximum atomic E-state index is 3.98. The average molecular weight is 315 g/mol. The summed E-state index contributed by atoms with van der Waals surface area (Å²) >= 11 is 2.33. The van der Waals surface area contributed by atoms with Gasteiger partial charge in [0.2, 0.25) is 0 Å². The van der Waals surface area contributed by atoms with Gasteiger partial charge in [0, 0.05) is 9.61 Å². The first kappa shape index (κ1) is 12.7. The third kappa shape index (κ3) is 4.34. The topological polar surface area (TPSA) is 12.0 Å². The van der Waals surface area contributed by atoms with Crippen LogP contribution in [-0.2, 0) is 0 Å². The first-order valence-electron chi connectivity index (χ1n) is 5.26. The predicted octanol–water partition coefficient (Wildman–Crippen LogP) is 3.91. The molecular formula is C13H18IN. The Hall–Kier alpha value is -0.350. The van der Waals surface area contributed by atoms with Crippen LogP contribution < -0.4 is 5.32 Å². The van der Waals surface area contributed by atoms with Crippen molar-refractivity contribution in [3.05, 3.63) is 45.6 Å². The van der Waals surface area contributed by atoms with Gasteiger partial charge >= 0.3 is 0 Å². The lowest BCUT2D eigenvalue weighted by Gasteiger charge is -2.18. The second-order valence-corrected chi connectivity index (χ2v) is 5.07. The molecule has 2 heteroatoms. The molecule has 0 radical (unpaired) electrons. The average Bonchev–Trinajstić information content (AvgIpc) is 2.17. The van der Waals surface area contributed by atoms with Crippen LogP contribution in [0.5, 0.6) is 0 Å². The highest BCUT2D eigenvalue weighted by molar-refractivity contribution is 14.1. The number of nitrogens with one attached hydrogen (secondary N) is 1. The van der Waals surface area contributed by atoms with Crippen LogP contribution in [0.3, 0.4) is 0 Å². The largest absolute Gasteiger partial charge is 0.310 e. The van der Waals surface area contributed by atoms with Gasteiger partial charge in [-0.05, 0) is 60.2 Å². The summed E-state index contributed by atoms with van der Waals surface area (Å²) in [5.74, 6) is 0. The van der Waals surface area contributed by atoms with Crippen molar-refractivity contribution in [1.29, 1.82) is 0 Å². The molecule has 1 aromatic rings. The fraction of sp³-hybridized carbons (Fsp3) is 0.385. The van der Waals surface area contributed by atoms with Gasteiger partial charge in [-0.2, -0.15) is 0 Å². The molecule has 0 saturated heterocycles. The molecule has 1 N–H and O–H groups in total. The van der Waals surface area contributed by atoms with Gasteiger partial charge in [-0.25, -0.2) is 0 Å². The SMILES string of the molecule is C=C(C)CC(NCC)c1ccc(I)cc1. The first-order chi connectivity index (χ1) is 7.13. The molecule has 1 atom stereocenters. The number of halogens is 1. The molecule has 0 aliphatic heterocycles. The minimum atomic E-state index is 0.407. The minimum Gasteiger partial charge on any atom is -0.310 e. The third-order valence-corrected chi connectivity index (χ3v) is 2.99. The van der Waals surface area contributed by atoms with Crippen molar-refractivity contribution in [3.8, 4) is 0 Å². The highest BCUT2D eigenvalue weighted by Crippen LogP contribution is 2.21. The summed E-state index contributed by atoms with van der Waals surface area (Å²) in [5.41, 5.74) is 2.57. The first-order valence-corrected chi connectivity index (χ1v) is 6.34. The van der Waals surface area contributed by atoms with Crippen molar-refractivity contribution >= 4 is 22.6 Å². The maximum Gasteiger partial charge on any atom is 0.0357 e. The van der Waals surface area contributed by atoms with Crippen molar-refractivity contribution in [2.24, 2.45) is 0 Å². The highest BCUT2D eigenvalue weighted by Gasteiger charge is 2.09. The van der Waals surface area contributed by atoms with Gasteiger partial charge in [-0.3, -0.25) is 0 Å². The smallest absolute Gasteiger partial charge is 0.0357 e. The van der Waals surface area contributed by atoms with Crippen molar-refractivity contribution in [2.75, 3.05) is 6.54 Å². The fourth-order valence-electron chi connectivity index (χ4n) is 1.60. The van der Waals surface area contributed by atoms with Crippen molar-refractivity contribution in [1.82, 2.24) is 5.32 Å². The number of hydrogen-bond acceptors (Lipinski definition) is 1. The van der Waals surface area contributed by atoms with Gasteiger partial charge in [-0.1, -0.05) is 24.6 Å². The lowest BCUT2D eigenvalue weighted by Crippen LogP contribution is -2.21. The van der Waals surface area contributed by atoms with Crippen LogP contribution in [0.4, 0.5) is 0 Å². The Kier molecular flexibility index (Phi) is 5.32. The van der Waals surface area contributed by atoms with E-state index in [0.29, 0.717) is 6.04 Å². The molecule has 0 saturated carbocycles. The molecule has 82 valence electrons. The molecule has 0 aliphatic carbocycles. The Morgan fingerprint density at radius 1 is 1.40 bits per heavy atom. The fourth-order valence-corrected chi connectivity index (χ4v) is 1.96. The van der Waals surface area contributed by atoms with Gasteiger partial charge in [0.05, 0.1) is 0 Å². The predicted molar refractivity (Wildman–Crippen MR) is 75.0 cm³/mol. The van der Waals surface area contributed by atoms with Crippen LogP contribution in [-0.4, -0.2) is 6.54 Å². The Morgan fingerprint density at radius 3 is 2.47 bits per heavy atom. The minimum absolute atomic E-state index is 0.407. The Morgan fingerprint density at radius 2 is 2.00 bits per heavy atom. The summed E-state index contributed by atoms with van der Waals surface area (Å²) < 4.78 is 1.28. The maximum absolute atomic E-state index is 3.98. The van der Waals surface area contributed by atoms with Gasteiger partial charge in [-0.15, -0.1) is 6.58 Å². The molecule has 0 spiro atoms. The van der Waals surface area contributed by atoms with E-state index in [-0.39, 0.29) is 0 Å². The van der Waals surface area contributed by atoms with E-state index in [2.05, 4.69) is 72.6 Å². The van der Waals surface area contributed by atoms with Crippen LogP contribution >= 0.6 is 22.6 Å². The van der Waals surface area contributed by atoms with Gasteiger partial charge < -0.3 is 5.32 Å². The van der Waals surface area contributed by atoms with Crippen LogP contribution in [0.15, 0.2) is 36.4 Å². The van der Waals surface area contributed by atoms with E-state index >= 15 is 0 Å². The second-order valence-electron chi connectivity index (χ2n) is 3.82. The molecule has 1 unspecified atom stereocenters. The molecule has 15 heavy (non-hydrogen) atoms. The molecule has 1 aromatic carbocycles. The molecule has 0 amide bonds. The number of rotatable bonds is 5. The zero-order valence-electron chi connectivity index (χ0n) is 9.39. The molecule has 1 rings (SSSR count). The van der Waals surface area contributed by atoms with Crippen LogP contribution in [0.1, 0.15) is 31.9 Å². The van der Waals surface area contributed by atoms with E-state index in [1.165, 1.54) is 14.7 Å². The van der Waals surface area contributed by atoms with Gasteiger partial charge in [0.25, 0.3) is 0 Å². The number of hydrogen-bond donors (Lipinski definition) is 1. The monoisotopic (exact) mass is 315 g/mol. The Bertz CT molecular complexity index is 316. The van der Waals surface area contributed by atoms with Crippen molar-refractivity contribution in [3.63, 3.8) is 0 Å². The van der Waals surface area contributed by atoms with Crippen LogP contribution in [0.25, 0.3) is 0 Å². The summed E-state index contributed by atoms with van der Waals surface area (Å²) in [6.45, 7) is 9.19. The van der Waals surface area contributed by atoms with Crippen molar-refractivity contribution in [2.45, 2.75) is 26.3 Å². The van der Waals surface area contributed by atoms with Crippen LogP contribution in [0.2, 0.25) is 0 Å².